The van der Waals surface area contributed by atoms with Gasteiger partial charge in [-0.15, -0.1) is 0 Å². The average Bonchev–Trinajstić information content (AvgIpc) is 3.31. The fraction of sp³-hybridized carbons (Fsp3) is 0.300. The average molecular weight is 397 g/mol. The van der Waals surface area contributed by atoms with E-state index in [0.29, 0.717) is 5.02 Å². The summed E-state index contributed by atoms with van der Waals surface area (Å²) in [6, 6.07) is 11.9. The lowest BCUT2D eigenvalue weighted by Crippen LogP contribution is -2.38. The summed E-state index contributed by atoms with van der Waals surface area (Å²) in [5.41, 5.74) is 4.67. The minimum atomic E-state index is 0.681. The third kappa shape index (κ3) is 3.44. The predicted octanol–water partition coefficient (Wildman–Crippen LogP) is 3.50. The smallest absolute Gasteiger partial charge is 0.159 e. The van der Waals surface area contributed by atoms with E-state index in [9.17, 15) is 0 Å². The molecule has 28 heavy (non-hydrogen) atoms. The number of hydrogen-bond donors (Lipinski definition) is 3. The van der Waals surface area contributed by atoms with E-state index in [1.807, 2.05) is 24.3 Å². The van der Waals surface area contributed by atoms with Crippen LogP contribution in [0.5, 0.6) is 0 Å². The summed E-state index contributed by atoms with van der Waals surface area (Å²) in [6.07, 6.45) is 0. The summed E-state index contributed by atoms with van der Waals surface area (Å²) in [6.45, 7) is 5.59. The minimum absolute atomic E-state index is 0.681. The van der Waals surface area contributed by atoms with Crippen LogP contribution in [0.1, 0.15) is 0 Å². The summed E-state index contributed by atoms with van der Waals surface area (Å²) >= 11 is 6.06. The molecule has 144 valence electrons. The van der Waals surface area contributed by atoms with Gasteiger partial charge in [0.15, 0.2) is 5.82 Å². The molecule has 8 heteroatoms. The lowest BCUT2D eigenvalue weighted by molar-refractivity contribution is 0.0398. The van der Waals surface area contributed by atoms with E-state index in [-0.39, 0.29) is 0 Å². The van der Waals surface area contributed by atoms with Gasteiger partial charge in [-0.2, -0.15) is 5.10 Å². The molecule has 0 bridgehead atoms. The molecule has 2 aromatic carbocycles. The van der Waals surface area contributed by atoms with Crippen LogP contribution in [0, 0.1) is 0 Å². The molecule has 4 aromatic rings. The van der Waals surface area contributed by atoms with Gasteiger partial charge in [-0.05, 0) is 36.4 Å². The largest absolute Gasteiger partial charge is 0.384 e. The highest BCUT2D eigenvalue weighted by Crippen LogP contribution is 2.28. The van der Waals surface area contributed by atoms with Crippen LogP contribution >= 0.6 is 11.6 Å². The number of rotatable bonds is 5. The highest BCUT2D eigenvalue weighted by atomic mass is 35.5. The second-order valence-corrected chi connectivity index (χ2v) is 7.40. The molecule has 2 aromatic heterocycles. The quantitative estimate of drug-likeness (QED) is 0.481. The Morgan fingerprint density at radius 1 is 1.11 bits per heavy atom. The van der Waals surface area contributed by atoms with Crippen molar-refractivity contribution in [3.05, 3.63) is 41.4 Å². The van der Waals surface area contributed by atoms with E-state index in [0.717, 1.165) is 78.5 Å². The van der Waals surface area contributed by atoms with Crippen molar-refractivity contribution in [2.75, 3.05) is 44.7 Å². The van der Waals surface area contributed by atoms with Crippen LogP contribution in [0.15, 0.2) is 36.4 Å². The van der Waals surface area contributed by atoms with Gasteiger partial charge in [-0.1, -0.05) is 11.6 Å². The monoisotopic (exact) mass is 396 g/mol. The molecule has 1 saturated heterocycles. The summed E-state index contributed by atoms with van der Waals surface area (Å²) in [7, 11) is 0. The molecule has 1 aliphatic heterocycles. The van der Waals surface area contributed by atoms with Crippen molar-refractivity contribution < 1.29 is 4.74 Å². The molecule has 0 radical (unpaired) electrons. The van der Waals surface area contributed by atoms with Gasteiger partial charge in [-0.25, -0.2) is 4.98 Å². The Kier molecular flexibility index (Phi) is 4.64. The standard InChI is InChI=1S/C20H21ClN6O/c21-13-1-3-15-17(11-13)25-26-19(15)20-23-16-4-2-14(12-18(16)24-20)22-5-6-27-7-9-28-10-8-27/h1-4,11-12,22H,5-10H2,(H,23,24)(H,25,26). The van der Waals surface area contributed by atoms with Crippen molar-refractivity contribution in [2.45, 2.75) is 0 Å². The molecule has 1 fully saturated rings. The summed E-state index contributed by atoms with van der Waals surface area (Å²) in [5.74, 6) is 0.744. The number of nitrogens with one attached hydrogen (secondary N) is 3. The zero-order valence-electron chi connectivity index (χ0n) is 15.3. The molecule has 7 nitrogen and oxygen atoms in total. The van der Waals surface area contributed by atoms with Gasteiger partial charge >= 0.3 is 0 Å². The molecule has 0 amide bonds. The van der Waals surface area contributed by atoms with Crippen molar-refractivity contribution in [1.29, 1.82) is 0 Å². The Hall–Kier alpha value is -2.61. The Morgan fingerprint density at radius 2 is 2.00 bits per heavy atom. The van der Waals surface area contributed by atoms with E-state index in [1.165, 1.54) is 0 Å². The first-order valence-corrected chi connectivity index (χ1v) is 9.82. The third-order valence-electron chi connectivity index (χ3n) is 5.09. The number of morpholine rings is 1. The SMILES string of the molecule is Clc1ccc2c(-c3nc4ccc(NCCN5CCOCC5)cc4[nH]3)n[nH]c2c1. The van der Waals surface area contributed by atoms with Gasteiger partial charge in [0, 0.05) is 42.3 Å². The van der Waals surface area contributed by atoms with Gasteiger partial charge in [0.05, 0.1) is 29.8 Å². The Labute approximate surface area is 167 Å². The normalized spacial score (nSPS) is 15.5. The van der Waals surface area contributed by atoms with Crippen molar-refractivity contribution in [2.24, 2.45) is 0 Å². The van der Waals surface area contributed by atoms with E-state index in [2.05, 4.69) is 37.5 Å². The zero-order chi connectivity index (χ0) is 18.9. The first-order chi connectivity index (χ1) is 13.8. The van der Waals surface area contributed by atoms with Crippen LogP contribution in [-0.4, -0.2) is 64.5 Å². The van der Waals surface area contributed by atoms with Crippen LogP contribution in [0.4, 0.5) is 5.69 Å². The third-order valence-corrected chi connectivity index (χ3v) is 5.33. The van der Waals surface area contributed by atoms with Crippen LogP contribution in [0.3, 0.4) is 0 Å². The lowest BCUT2D eigenvalue weighted by atomic mass is 10.2. The number of imidazole rings is 1. The van der Waals surface area contributed by atoms with Crippen LogP contribution in [0.2, 0.25) is 5.02 Å². The molecule has 0 spiro atoms. The van der Waals surface area contributed by atoms with Crippen LogP contribution in [0.25, 0.3) is 33.5 Å². The molecule has 3 heterocycles. The predicted molar refractivity (Wildman–Crippen MR) is 112 cm³/mol. The van der Waals surface area contributed by atoms with Crippen molar-refractivity contribution in [1.82, 2.24) is 25.1 Å². The Balaban J connectivity index is 1.34. The molecule has 0 atom stereocenters. The first-order valence-electron chi connectivity index (χ1n) is 9.44. The highest BCUT2D eigenvalue weighted by Gasteiger charge is 2.13. The van der Waals surface area contributed by atoms with Gasteiger partial charge in [-0.3, -0.25) is 10.00 Å². The first kappa shape index (κ1) is 17.5. The van der Waals surface area contributed by atoms with E-state index in [1.54, 1.807) is 0 Å². The summed E-state index contributed by atoms with van der Waals surface area (Å²) < 4.78 is 5.39. The van der Waals surface area contributed by atoms with E-state index in [4.69, 9.17) is 21.3 Å². The number of aromatic nitrogens is 4. The Bertz CT molecular complexity index is 1110. The van der Waals surface area contributed by atoms with Crippen LogP contribution in [-0.2, 0) is 4.74 Å². The molecule has 1 aliphatic rings. The second-order valence-electron chi connectivity index (χ2n) is 6.96. The number of nitrogens with zero attached hydrogens (tertiary/aromatic N) is 3. The topological polar surface area (TPSA) is 81.9 Å². The maximum atomic E-state index is 6.06. The van der Waals surface area contributed by atoms with Crippen molar-refractivity contribution in [3.63, 3.8) is 0 Å². The van der Waals surface area contributed by atoms with E-state index >= 15 is 0 Å². The van der Waals surface area contributed by atoms with Crippen molar-refractivity contribution in [3.8, 4) is 11.5 Å². The summed E-state index contributed by atoms with van der Waals surface area (Å²) in [5, 5.41) is 12.6. The Morgan fingerprint density at radius 3 is 2.89 bits per heavy atom. The fourth-order valence-electron chi connectivity index (χ4n) is 3.59. The van der Waals surface area contributed by atoms with Gasteiger partial charge < -0.3 is 15.0 Å². The number of H-pyrrole nitrogens is 2. The number of anilines is 1. The molecule has 0 aliphatic carbocycles. The second kappa shape index (κ2) is 7.43. The number of hydrogen-bond acceptors (Lipinski definition) is 5. The maximum Gasteiger partial charge on any atom is 0.159 e. The molecular formula is C20H21ClN6O. The highest BCUT2D eigenvalue weighted by molar-refractivity contribution is 6.31. The number of benzene rings is 2. The number of fused-ring (bicyclic) bond motifs is 2. The molecular weight excluding hydrogens is 376 g/mol. The zero-order valence-corrected chi connectivity index (χ0v) is 16.1. The summed E-state index contributed by atoms with van der Waals surface area (Å²) in [4.78, 5) is 10.5. The lowest BCUT2D eigenvalue weighted by Gasteiger charge is -2.26. The van der Waals surface area contributed by atoms with Crippen LogP contribution < -0.4 is 5.32 Å². The van der Waals surface area contributed by atoms with Crippen molar-refractivity contribution >= 4 is 39.2 Å². The molecule has 3 N–H and O–H groups in total. The van der Waals surface area contributed by atoms with Gasteiger partial charge in [0.1, 0.15) is 5.69 Å². The van der Waals surface area contributed by atoms with Gasteiger partial charge in [0.2, 0.25) is 0 Å². The molecule has 5 rings (SSSR count). The maximum absolute atomic E-state index is 6.06. The number of aromatic amines is 2. The van der Waals surface area contributed by atoms with Gasteiger partial charge in [0.25, 0.3) is 0 Å². The molecule has 0 unspecified atom stereocenters. The molecule has 0 saturated carbocycles. The number of halogens is 1. The van der Waals surface area contributed by atoms with E-state index < -0.39 is 0 Å². The number of ether oxygens (including phenoxy) is 1. The fourth-order valence-corrected chi connectivity index (χ4v) is 3.76. The minimum Gasteiger partial charge on any atom is -0.384 e.